The first-order chi connectivity index (χ1) is 9.08. The van der Waals surface area contributed by atoms with E-state index < -0.39 is 0 Å². The molecule has 2 aromatic rings. The fourth-order valence-electron chi connectivity index (χ4n) is 1.89. The number of rotatable bonds is 5. The number of aryl methyl sites for hydroxylation is 1. The molecule has 0 aliphatic carbocycles. The molecule has 0 aliphatic heterocycles. The molecule has 0 aromatic carbocycles. The summed E-state index contributed by atoms with van der Waals surface area (Å²) in [7, 11) is 1.80. The number of hydrogen-bond acceptors (Lipinski definition) is 2. The highest BCUT2D eigenvalue weighted by atomic mass is 16.2. The van der Waals surface area contributed by atoms with E-state index in [0.29, 0.717) is 18.2 Å². The van der Waals surface area contributed by atoms with Gasteiger partial charge in [-0.15, -0.1) is 0 Å². The van der Waals surface area contributed by atoms with E-state index in [9.17, 15) is 4.79 Å². The highest BCUT2D eigenvalue weighted by molar-refractivity contribution is 5.92. The van der Waals surface area contributed by atoms with Crippen molar-refractivity contribution >= 4 is 5.91 Å². The zero-order chi connectivity index (χ0) is 13.8. The van der Waals surface area contributed by atoms with Crippen molar-refractivity contribution in [1.82, 2.24) is 19.7 Å². The minimum atomic E-state index is -0.0749. The van der Waals surface area contributed by atoms with Gasteiger partial charge in [-0.3, -0.25) is 9.48 Å². The second-order valence-corrected chi connectivity index (χ2v) is 4.91. The maximum Gasteiger partial charge on any atom is 0.269 e. The van der Waals surface area contributed by atoms with Crippen molar-refractivity contribution in [3.05, 3.63) is 42.0 Å². The Balaban J connectivity index is 1.92. The van der Waals surface area contributed by atoms with E-state index in [2.05, 4.69) is 24.3 Å². The maximum atomic E-state index is 12.0. The van der Waals surface area contributed by atoms with E-state index >= 15 is 0 Å². The average molecular weight is 260 g/mol. The van der Waals surface area contributed by atoms with Crippen LogP contribution in [0.15, 0.2) is 30.6 Å². The van der Waals surface area contributed by atoms with Crippen LogP contribution in [0.4, 0.5) is 0 Å². The molecule has 2 aromatic heterocycles. The second-order valence-electron chi connectivity index (χ2n) is 4.91. The lowest BCUT2D eigenvalue weighted by Gasteiger charge is -2.06. The van der Waals surface area contributed by atoms with Crippen LogP contribution < -0.4 is 5.32 Å². The van der Waals surface area contributed by atoms with E-state index in [0.717, 1.165) is 12.2 Å². The summed E-state index contributed by atoms with van der Waals surface area (Å²) in [6.07, 6.45) is 3.96. The van der Waals surface area contributed by atoms with Gasteiger partial charge in [0.15, 0.2) is 0 Å². The van der Waals surface area contributed by atoms with E-state index in [4.69, 9.17) is 0 Å². The Morgan fingerprint density at radius 3 is 2.63 bits per heavy atom. The monoisotopic (exact) mass is 260 g/mol. The van der Waals surface area contributed by atoms with Gasteiger partial charge < -0.3 is 9.88 Å². The zero-order valence-corrected chi connectivity index (χ0v) is 11.6. The lowest BCUT2D eigenvalue weighted by molar-refractivity contribution is 0.0943. The molecule has 0 saturated heterocycles. The largest absolute Gasteiger partial charge is 0.353 e. The molecule has 2 rings (SSSR count). The third-order valence-corrected chi connectivity index (χ3v) is 3.04. The average Bonchev–Trinajstić information content (AvgIpc) is 2.98. The first-order valence-electron chi connectivity index (χ1n) is 6.51. The Labute approximate surface area is 113 Å². The van der Waals surface area contributed by atoms with Crippen molar-refractivity contribution in [3.63, 3.8) is 0 Å². The molecular weight excluding hydrogens is 240 g/mol. The van der Waals surface area contributed by atoms with Crippen molar-refractivity contribution in [3.8, 4) is 0 Å². The standard InChI is InChI=1S/C14H20N4O/c1-11(2)12-10-13(17(3)16-12)14(19)15-6-9-18-7-4-5-8-18/h4-5,7-8,10-11H,6,9H2,1-3H3,(H,15,19). The van der Waals surface area contributed by atoms with Crippen molar-refractivity contribution in [2.24, 2.45) is 7.05 Å². The van der Waals surface area contributed by atoms with Crippen LogP contribution in [0.1, 0.15) is 35.9 Å². The third kappa shape index (κ3) is 3.24. The van der Waals surface area contributed by atoms with Crippen molar-refractivity contribution < 1.29 is 4.79 Å². The Kier molecular flexibility index (Phi) is 4.04. The molecular formula is C14H20N4O. The fraction of sp³-hybridized carbons (Fsp3) is 0.429. The number of carbonyl (C=O) groups is 1. The smallest absolute Gasteiger partial charge is 0.269 e. The second kappa shape index (κ2) is 5.73. The summed E-state index contributed by atoms with van der Waals surface area (Å²) in [5.74, 6) is 0.252. The first-order valence-corrected chi connectivity index (χ1v) is 6.51. The Morgan fingerprint density at radius 1 is 1.37 bits per heavy atom. The van der Waals surface area contributed by atoms with Crippen LogP contribution in [0.25, 0.3) is 0 Å². The van der Waals surface area contributed by atoms with Gasteiger partial charge in [0.05, 0.1) is 5.69 Å². The van der Waals surface area contributed by atoms with Crippen LogP contribution in [0.3, 0.4) is 0 Å². The molecule has 0 unspecified atom stereocenters. The summed E-state index contributed by atoms with van der Waals surface area (Å²) >= 11 is 0. The Hall–Kier alpha value is -2.04. The van der Waals surface area contributed by atoms with Crippen LogP contribution in [0.5, 0.6) is 0 Å². The van der Waals surface area contributed by atoms with E-state index in [-0.39, 0.29) is 5.91 Å². The number of carbonyl (C=O) groups excluding carboxylic acids is 1. The summed E-state index contributed by atoms with van der Waals surface area (Å²) in [5.41, 5.74) is 1.55. The number of amides is 1. The van der Waals surface area contributed by atoms with E-state index in [1.807, 2.05) is 35.2 Å². The lowest BCUT2D eigenvalue weighted by atomic mass is 10.1. The highest BCUT2D eigenvalue weighted by Gasteiger charge is 2.14. The summed E-state index contributed by atoms with van der Waals surface area (Å²) < 4.78 is 3.67. The van der Waals surface area contributed by atoms with E-state index in [1.165, 1.54) is 0 Å². The van der Waals surface area contributed by atoms with E-state index in [1.54, 1.807) is 11.7 Å². The molecule has 19 heavy (non-hydrogen) atoms. The maximum absolute atomic E-state index is 12.0. The Bertz CT molecular complexity index is 540. The Morgan fingerprint density at radius 2 is 2.05 bits per heavy atom. The van der Waals surface area contributed by atoms with Gasteiger partial charge in [-0.2, -0.15) is 5.10 Å². The van der Waals surface area contributed by atoms with Gasteiger partial charge in [0, 0.05) is 32.5 Å². The highest BCUT2D eigenvalue weighted by Crippen LogP contribution is 2.13. The first kappa shape index (κ1) is 13.4. The van der Waals surface area contributed by atoms with Crippen LogP contribution in [-0.2, 0) is 13.6 Å². The molecule has 1 amide bonds. The van der Waals surface area contributed by atoms with Gasteiger partial charge in [0.25, 0.3) is 5.91 Å². The minimum absolute atomic E-state index is 0.0749. The SMILES string of the molecule is CC(C)c1cc(C(=O)NCCn2cccc2)n(C)n1. The fourth-order valence-corrected chi connectivity index (χ4v) is 1.89. The molecule has 0 radical (unpaired) electrons. The molecule has 0 atom stereocenters. The summed E-state index contributed by atoms with van der Waals surface area (Å²) in [6, 6.07) is 5.80. The quantitative estimate of drug-likeness (QED) is 0.891. The molecule has 0 bridgehead atoms. The molecule has 102 valence electrons. The molecule has 0 saturated carbocycles. The molecule has 0 spiro atoms. The minimum Gasteiger partial charge on any atom is -0.353 e. The lowest BCUT2D eigenvalue weighted by Crippen LogP contribution is -2.28. The molecule has 0 fully saturated rings. The third-order valence-electron chi connectivity index (χ3n) is 3.04. The van der Waals surface area contributed by atoms with Crippen LogP contribution in [-0.4, -0.2) is 26.8 Å². The van der Waals surface area contributed by atoms with Crippen LogP contribution >= 0.6 is 0 Å². The summed E-state index contributed by atoms with van der Waals surface area (Å²) in [5, 5.41) is 7.25. The number of hydrogen-bond donors (Lipinski definition) is 1. The molecule has 2 heterocycles. The van der Waals surface area contributed by atoms with Crippen molar-refractivity contribution in [2.75, 3.05) is 6.54 Å². The summed E-state index contributed by atoms with van der Waals surface area (Å²) in [6.45, 7) is 5.51. The van der Waals surface area contributed by atoms with Gasteiger partial charge >= 0.3 is 0 Å². The van der Waals surface area contributed by atoms with Gasteiger partial charge in [-0.25, -0.2) is 0 Å². The molecule has 5 heteroatoms. The number of nitrogens with zero attached hydrogens (tertiary/aromatic N) is 3. The predicted octanol–water partition coefficient (Wildman–Crippen LogP) is 1.78. The number of aromatic nitrogens is 3. The predicted molar refractivity (Wildman–Crippen MR) is 74.1 cm³/mol. The normalized spacial score (nSPS) is 10.9. The van der Waals surface area contributed by atoms with Crippen molar-refractivity contribution in [1.29, 1.82) is 0 Å². The molecule has 5 nitrogen and oxygen atoms in total. The van der Waals surface area contributed by atoms with Gasteiger partial charge in [-0.1, -0.05) is 13.8 Å². The van der Waals surface area contributed by atoms with Crippen LogP contribution in [0, 0.1) is 0 Å². The van der Waals surface area contributed by atoms with Crippen LogP contribution in [0.2, 0.25) is 0 Å². The number of nitrogens with one attached hydrogen (secondary N) is 1. The van der Waals surface area contributed by atoms with Gasteiger partial charge in [0.1, 0.15) is 5.69 Å². The van der Waals surface area contributed by atoms with Crippen molar-refractivity contribution in [2.45, 2.75) is 26.3 Å². The molecule has 1 N–H and O–H groups in total. The van der Waals surface area contributed by atoms with Gasteiger partial charge in [0.2, 0.25) is 0 Å². The van der Waals surface area contributed by atoms with Gasteiger partial charge in [-0.05, 0) is 24.1 Å². The zero-order valence-electron chi connectivity index (χ0n) is 11.6. The topological polar surface area (TPSA) is 51.9 Å². The summed E-state index contributed by atoms with van der Waals surface area (Å²) in [4.78, 5) is 12.0. The molecule has 0 aliphatic rings.